The zero-order valence-electron chi connectivity index (χ0n) is 11.0. The second-order valence-corrected chi connectivity index (χ2v) is 5.75. The Labute approximate surface area is 113 Å². The number of benzene rings is 1. The average molecular weight is 260 g/mol. The molecule has 4 nitrogen and oxygen atoms in total. The molecule has 0 radical (unpaired) electrons. The van der Waals surface area contributed by atoms with Crippen molar-refractivity contribution in [2.24, 2.45) is 5.73 Å². The number of amides is 1. The largest absolute Gasteiger partial charge is 0.488 e. The van der Waals surface area contributed by atoms with Gasteiger partial charge in [-0.25, -0.2) is 0 Å². The summed E-state index contributed by atoms with van der Waals surface area (Å²) in [5.41, 5.74) is 7.04. The van der Waals surface area contributed by atoms with Gasteiger partial charge in [0, 0.05) is 18.4 Å². The van der Waals surface area contributed by atoms with Crippen LogP contribution >= 0.6 is 0 Å². The van der Waals surface area contributed by atoms with Crippen molar-refractivity contribution in [1.29, 1.82) is 0 Å². The summed E-state index contributed by atoms with van der Waals surface area (Å²) in [5, 5.41) is 2.94. The second-order valence-electron chi connectivity index (χ2n) is 5.75. The molecule has 1 aromatic carbocycles. The maximum atomic E-state index is 11.8. The van der Waals surface area contributed by atoms with Gasteiger partial charge in [0.1, 0.15) is 11.9 Å². The molecule has 102 valence electrons. The molecule has 1 saturated carbocycles. The number of carbonyl (C=O) groups excluding carboxylic acids is 1. The van der Waals surface area contributed by atoms with Crippen LogP contribution in [0.2, 0.25) is 0 Å². The van der Waals surface area contributed by atoms with E-state index in [1.165, 1.54) is 5.56 Å². The highest BCUT2D eigenvalue weighted by atomic mass is 16.5. The van der Waals surface area contributed by atoms with Crippen LogP contribution in [0, 0.1) is 0 Å². The monoisotopic (exact) mass is 260 g/mol. The molecule has 2 aliphatic rings. The van der Waals surface area contributed by atoms with Crippen molar-refractivity contribution in [2.45, 2.75) is 43.7 Å². The molecule has 3 N–H and O–H groups in total. The molecular formula is C15H20N2O2. The minimum absolute atomic E-state index is 0.0433. The van der Waals surface area contributed by atoms with Crippen molar-refractivity contribution < 1.29 is 9.53 Å². The van der Waals surface area contributed by atoms with Crippen molar-refractivity contribution >= 4 is 5.91 Å². The average Bonchev–Trinajstić information content (AvgIpc) is 2.77. The first-order valence-electron chi connectivity index (χ1n) is 6.95. The number of rotatable bonds is 4. The number of hydrogen-bond acceptors (Lipinski definition) is 3. The quantitative estimate of drug-likeness (QED) is 0.859. The fourth-order valence-electron chi connectivity index (χ4n) is 2.79. The third-order valence-corrected chi connectivity index (χ3v) is 4.10. The molecule has 1 fully saturated rings. The van der Waals surface area contributed by atoms with E-state index < -0.39 is 0 Å². The van der Waals surface area contributed by atoms with E-state index in [0.717, 1.165) is 31.4 Å². The maximum Gasteiger partial charge on any atom is 0.221 e. The number of para-hydroxylation sites is 1. The second kappa shape index (κ2) is 4.85. The van der Waals surface area contributed by atoms with Crippen molar-refractivity contribution in [2.75, 3.05) is 6.54 Å². The predicted octanol–water partition coefficient (Wildman–Crippen LogP) is 1.38. The topological polar surface area (TPSA) is 64.4 Å². The summed E-state index contributed by atoms with van der Waals surface area (Å²) < 4.78 is 5.78. The lowest BCUT2D eigenvalue weighted by Crippen LogP contribution is -2.50. The van der Waals surface area contributed by atoms with E-state index in [-0.39, 0.29) is 17.6 Å². The van der Waals surface area contributed by atoms with Gasteiger partial charge in [-0.3, -0.25) is 4.79 Å². The number of hydrogen-bond donors (Lipinski definition) is 2. The lowest BCUT2D eigenvalue weighted by atomic mass is 9.75. The van der Waals surface area contributed by atoms with Crippen LogP contribution in [0.3, 0.4) is 0 Å². The van der Waals surface area contributed by atoms with Gasteiger partial charge in [-0.1, -0.05) is 18.2 Å². The summed E-state index contributed by atoms with van der Waals surface area (Å²) in [7, 11) is 0. The number of nitrogens with two attached hydrogens (primary N) is 1. The Morgan fingerprint density at radius 3 is 2.89 bits per heavy atom. The SMILES string of the molecule is NC1(CC(=O)NCC2Cc3ccccc3O2)CCC1. The van der Waals surface area contributed by atoms with E-state index in [1.807, 2.05) is 18.2 Å². The number of ether oxygens (including phenoxy) is 1. The first-order valence-corrected chi connectivity index (χ1v) is 6.95. The summed E-state index contributed by atoms with van der Waals surface area (Å²) in [6, 6.07) is 8.02. The van der Waals surface area contributed by atoms with Crippen molar-refractivity contribution in [1.82, 2.24) is 5.32 Å². The third kappa shape index (κ3) is 2.73. The summed E-state index contributed by atoms with van der Waals surface area (Å²) >= 11 is 0. The molecule has 0 saturated heterocycles. The Hall–Kier alpha value is -1.55. The summed E-state index contributed by atoms with van der Waals surface area (Å²) in [6.45, 7) is 0.559. The Morgan fingerprint density at radius 2 is 2.21 bits per heavy atom. The molecule has 1 aliphatic heterocycles. The van der Waals surface area contributed by atoms with E-state index in [4.69, 9.17) is 10.5 Å². The molecule has 4 heteroatoms. The molecule has 0 bridgehead atoms. The molecule has 1 heterocycles. The van der Waals surface area contributed by atoms with Gasteiger partial charge in [0.2, 0.25) is 5.91 Å². The Bertz CT molecular complexity index is 458. The van der Waals surface area contributed by atoms with E-state index >= 15 is 0 Å². The summed E-state index contributed by atoms with van der Waals surface area (Å²) in [6.07, 6.45) is 4.43. The van der Waals surface area contributed by atoms with Crippen LogP contribution in [0.1, 0.15) is 31.2 Å². The van der Waals surface area contributed by atoms with E-state index in [1.54, 1.807) is 0 Å². The minimum atomic E-state index is -0.246. The Kier molecular flexibility index (Phi) is 3.19. The highest BCUT2D eigenvalue weighted by molar-refractivity contribution is 5.77. The van der Waals surface area contributed by atoms with E-state index in [2.05, 4.69) is 11.4 Å². The molecule has 1 aliphatic carbocycles. The van der Waals surface area contributed by atoms with Crippen LogP contribution in [0.15, 0.2) is 24.3 Å². The molecule has 1 atom stereocenters. The van der Waals surface area contributed by atoms with E-state index in [9.17, 15) is 4.79 Å². The van der Waals surface area contributed by atoms with Gasteiger partial charge in [-0.2, -0.15) is 0 Å². The van der Waals surface area contributed by atoms with Gasteiger partial charge in [0.05, 0.1) is 6.54 Å². The molecule has 0 spiro atoms. The zero-order chi connectivity index (χ0) is 13.3. The van der Waals surface area contributed by atoms with Crippen LogP contribution in [0.4, 0.5) is 0 Å². The molecular weight excluding hydrogens is 240 g/mol. The highest BCUT2D eigenvalue weighted by Gasteiger charge is 2.34. The van der Waals surface area contributed by atoms with Crippen LogP contribution in [0.5, 0.6) is 5.75 Å². The van der Waals surface area contributed by atoms with E-state index in [0.29, 0.717) is 13.0 Å². The van der Waals surface area contributed by atoms with Crippen LogP contribution < -0.4 is 15.8 Å². The predicted molar refractivity (Wildman–Crippen MR) is 73.0 cm³/mol. The smallest absolute Gasteiger partial charge is 0.221 e. The number of carbonyl (C=O) groups is 1. The third-order valence-electron chi connectivity index (χ3n) is 4.10. The number of nitrogens with one attached hydrogen (secondary N) is 1. The molecule has 1 unspecified atom stereocenters. The highest BCUT2D eigenvalue weighted by Crippen LogP contribution is 2.32. The Morgan fingerprint density at radius 1 is 1.42 bits per heavy atom. The maximum absolute atomic E-state index is 11.8. The molecule has 0 aromatic heterocycles. The minimum Gasteiger partial charge on any atom is -0.488 e. The van der Waals surface area contributed by atoms with Gasteiger partial charge in [0.25, 0.3) is 0 Å². The summed E-state index contributed by atoms with van der Waals surface area (Å²) in [5.74, 6) is 0.984. The van der Waals surface area contributed by atoms with Crippen LogP contribution in [0.25, 0.3) is 0 Å². The van der Waals surface area contributed by atoms with Gasteiger partial charge >= 0.3 is 0 Å². The molecule has 1 amide bonds. The van der Waals surface area contributed by atoms with Crippen molar-refractivity contribution in [3.8, 4) is 5.75 Å². The van der Waals surface area contributed by atoms with Gasteiger partial charge in [-0.05, 0) is 30.9 Å². The van der Waals surface area contributed by atoms with Crippen LogP contribution in [-0.4, -0.2) is 24.1 Å². The Balaban J connectivity index is 1.45. The normalized spacial score (nSPS) is 23.1. The van der Waals surface area contributed by atoms with Gasteiger partial charge in [0.15, 0.2) is 0 Å². The van der Waals surface area contributed by atoms with Crippen molar-refractivity contribution in [3.63, 3.8) is 0 Å². The number of fused-ring (bicyclic) bond motifs is 1. The van der Waals surface area contributed by atoms with Crippen LogP contribution in [-0.2, 0) is 11.2 Å². The lowest BCUT2D eigenvalue weighted by Gasteiger charge is -2.37. The first-order chi connectivity index (χ1) is 9.15. The zero-order valence-corrected chi connectivity index (χ0v) is 11.0. The molecule has 3 rings (SSSR count). The van der Waals surface area contributed by atoms with Gasteiger partial charge in [-0.15, -0.1) is 0 Å². The fourth-order valence-corrected chi connectivity index (χ4v) is 2.79. The fraction of sp³-hybridized carbons (Fsp3) is 0.533. The summed E-state index contributed by atoms with van der Waals surface area (Å²) in [4.78, 5) is 11.8. The van der Waals surface area contributed by atoms with Gasteiger partial charge < -0.3 is 15.8 Å². The van der Waals surface area contributed by atoms with Crippen molar-refractivity contribution in [3.05, 3.63) is 29.8 Å². The first kappa shape index (κ1) is 12.5. The molecule has 19 heavy (non-hydrogen) atoms. The molecule has 1 aromatic rings. The standard InChI is InChI=1S/C15H20N2O2/c16-15(6-3-7-15)9-14(18)17-10-12-8-11-4-1-2-5-13(11)19-12/h1-2,4-5,12H,3,6-10,16H2,(H,17,18). The lowest BCUT2D eigenvalue weighted by molar-refractivity contribution is -0.123.